The van der Waals surface area contributed by atoms with E-state index in [-0.39, 0.29) is 24.8 Å². The molecule has 0 unspecified atom stereocenters. The van der Waals surface area contributed by atoms with E-state index in [1.54, 1.807) is 5.56 Å². The summed E-state index contributed by atoms with van der Waals surface area (Å²) in [7, 11) is 11.8. The highest BCUT2D eigenvalue weighted by molar-refractivity contribution is 5.33. The molecule has 0 saturated heterocycles. The van der Waals surface area contributed by atoms with E-state index < -0.39 is 0 Å². The zero-order valence-electron chi connectivity index (χ0n) is 26.7. The van der Waals surface area contributed by atoms with E-state index in [1.165, 1.54) is 151 Å². The fourth-order valence-corrected chi connectivity index (χ4v) is 5.50. The van der Waals surface area contributed by atoms with Crippen LogP contribution in [0.5, 0.6) is 0 Å². The molecule has 2 nitrogen and oxygen atoms in total. The molecule has 1 rings (SSSR count). The van der Waals surface area contributed by atoms with Crippen LogP contribution < -0.4 is 24.8 Å². The van der Waals surface area contributed by atoms with Gasteiger partial charge in [-0.2, -0.15) is 0 Å². The number of nitrogens with zero attached hydrogens (tertiary/aromatic N) is 2. The van der Waals surface area contributed by atoms with Crippen molar-refractivity contribution in [2.45, 2.75) is 129 Å². The monoisotopic (exact) mass is 572 g/mol. The van der Waals surface area contributed by atoms with Gasteiger partial charge in [0.1, 0.15) is 0 Å². The van der Waals surface area contributed by atoms with Crippen LogP contribution in [0.15, 0.2) is 18.2 Å². The van der Waals surface area contributed by atoms with Gasteiger partial charge in [0.15, 0.2) is 0 Å². The first-order valence-electron chi connectivity index (χ1n) is 15.8. The van der Waals surface area contributed by atoms with Crippen molar-refractivity contribution in [2.75, 3.05) is 54.9 Å². The minimum Gasteiger partial charge on any atom is -1.00 e. The SMILES string of the molecule is Cc1cccc(CCCCCCCCCCCCCCCCCC[N+](C)(C)CCC[N+](C)(C)C)c1C.[Cl-].[Cl-]. The summed E-state index contributed by atoms with van der Waals surface area (Å²) < 4.78 is 2.29. The van der Waals surface area contributed by atoms with Gasteiger partial charge in [0.05, 0.1) is 54.9 Å². The molecule has 38 heavy (non-hydrogen) atoms. The Labute approximate surface area is 252 Å². The zero-order valence-corrected chi connectivity index (χ0v) is 28.2. The molecule has 0 amide bonds. The molecular formula is C34H66Cl2N2. The molecule has 226 valence electrons. The zero-order chi connectivity index (χ0) is 26.7. The Hall–Kier alpha value is -0.280. The summed E-state index contributed by atoms with van der Waals surface area (Å²) in [6, 6.07) is 6.77. The van der Waals surface area contributed by atoms with Crippen LogP contribution in [0.4, 0.5) is 0 Å². The number of hydrogen-bond acceptors (Lipinski definition) is 0. The van der Waals surface area contributed by atoms with Crippen molar-refractivity contribution in [3.63, 3.8) is 0 Å². The smallest absolute Gasteiger partial charge is 0.0836 e. The molecule has 0 N–H and O–H groups in total. The van der Waals surface area contributed by atoms with Gasteiger partial charge < -0.3 is 33.8 Å². The summed E-state index contributed by atoms with van der Waals surface area (Å²) in [4.78, 5) is 0. The number of aryl methyl sites for hydroxylation is 2. The van der Waals surface area contributed by atoms with Crippen LogP contribution in [0.25, 0.3) is 0 Å². The molecule has 0 atom stereocenters. The summed E-state index contributed by atoms with van der Waals surface area (Å²) in [5, 5.41) is 0. The number of quaternary nitrogens is 2. The average Bonchev–Trinajstić information content (AvgIpc) is 2.79. The van der Waals surface area contributed by atoms with Gasteiger partial charge in [-0.15, -0.1) is 0 Å². The van der Waals surface area contributed by atoms with Crippen molar-refractivity contribution in [3.8, 4) is 0 Å². The maximum absolute atomic E-state index is 2.42. The van der Waals surface area contributed by atoms with Crippen LogP contribution in [-0.2, 0) is 6.42 Å². The van der Waals surface area contributed by atoms with Crippen molar-refractivity contribution in [3.05, 3.63) is 34.9 Å². The van der Waals surface area contributed by atoms with Crippen molar-refractivity contribution in [1.82, 2.24) is 0 Å². The second kappa shape index (κ2) is 23.4. The van der Waals surface area contributed by atoms with Crippen LogP contribution in [0.2, 0.25) is 0 Å². The van der Waals surface area contributed by atoms with Crippen LogP contribution in [0.3, 0.4) is 0 Å². The number of hydrogen-bond donors (Lipinski definition) is 0. The molecule has 0 heterocycles. The van der Waals surface area contributed by atoms with Crippen molar-refractivity contribution in [2.24, 2.45) is 0 Å². The third-order valence-electron chi connectivity index (χ3n) is 8.27. The van der Waals surface area contributed by atoms with Gasteiger partial charge in [-0.1, -0.05) is 102 Å². The first-order valence-corrected chi connectivity index (χ1v) is 15.8. The maximum atomic E-state index is 2.42. The van der Waals surface area contributed by atoms with E-state index in [0.29, 0.717) is 0 Å². The summed E-state index contributed by atoms with van der Waals surface area (Å²) in [6.07, 6.45) is 25.7. The predicted octanol–water partition coefficient (Wildman–Crippen LogP) is 3.27. The van der Waals surface area contributed by atoms with E-state index >= 15 is 0 Å². The largest absolute Gasteiger partial charge is 1.00 e. The molecule has 1 aromatic rings. The van der Waals surface area contributed by atoms with E-state index in [0.717, 1.165) is 4.48 Å². The van der Waals surface area contributed by atoms with E-state index in [4.69, 9.17) is 0 Å². The molecular weight excluding hydrogens is 507 g/mol. The fraction of sp³-hybridized carbons (Fsp3) is 0.824. The van der Waals surface area contributed by atoms with Gasteiger partial charge in [-0.05, 0) is 56.2 Å². The maximum Gasteiger partial charge on any atom is 0.0836 e. The van der Waals surface area contributed by atoms with E-state index in [2.05, 4.69) is 67.3 Å². The van der Waals surface area contributed by atoms with Crippen LogP contribution in [0.1, 0.15) is 126 Å². The van der Waals surface area contributed by atoms with Gasteiger partial charge >= 0.3 is 0 Å². The minimum absolute atomic E-state index is 0. The Kier molecular flexibility index (Phi) is 24.6. The van der Waals surface area contributed by atoms with Crippen LogP contribution in [0, 0.1) is 13.8 Å². The first-order chi connectivity index (χ1) is 17.1. The normalized spacial score (nSPS) is 11.8. The molecule has 0 radical (unpaired) electrons. The Morgan fingerprint density at radius 2 is 0.868 bits per heavy atom. The fourth-order valence-electron chi connectivity index (χ4n) is 5.50. The standard InChI is InChI=1S/C34H66N2.2ClH/c1-32-26-24-28-34(33(32)2)27-22-20-18-16-14-12-10-8-9-11-13-15-17-19-21-23-30-36(6,7)31-25-29-35(3,4)5;;/h24,26,28H,8-23,25,27,29-31H2,1-7H3;2*1H/q+2;;/p-2. The molecule has 0 aliphatic heterocycles. The highest BCUT2D eigenvalue weighted by atomic mass is 35.5. The Morgan fingerprint density at radius 3 is 1.32 bits per heavy atom. The number of benzene rings is 1. The van der Waals surface area contributed by atoms with Gasteiger partial charge in [0, 0.05) is 6.42 Å². The topological polar surface area (TPSA) is 0 Å². The highest BCUT2D eigenvalue weighted by Gasteiger charge is 2.16. The molecule has 0 spiro atoms. The van der Waals surface area contributed by atoms with Gasteiger partial charge in [0.25, 0.3) is 0 Å². The number of unbranched alkanes of at least 4 members (excludes halogenated alkanes) is 15. The summed E-state index contributed by atoms with van der Waals surface area (Å²) >= 11 is 0. The van der Waals surface area contributed by atoms with Crippen LogP contribution >= 0.6 is 0 Å². The van der Waals surface area contributed by atoms with E-state index in [1.807, 2.05) is 0 Å². The predicted molar refractivity (Wildman–Crippen MR) is 163 cm³/mol. The molecule has 0 aromatic heterocycles. The molecule has 1 aromatic carbocycles. The molecule has 0 fully saturated rings. The van der Waals surface area contributed by atoms with Gasteiger partial charge in [0.2, 0.25) is 0 Å². The first kappa shape index (κ1) is 39.9. The molecule has 0 aliphatic carbocycles. The Bertz CT molecular complexity index is 667. The van der Waals surface area contributed by atoms with Gasteiger partial charge in [-0.3, -0.25) is 0 Å². The lowest BCUT2D eigenvalue weighted by Crippen LogP contribution is -3.00. The number of halogens is 2. The highest BCUT2D eigenvalue weighted by Crippen LogP contribution is 2.17. The third-order valence-corrected chi connectivity index (χ3v) is 8.27. The summed E-state index contributed by atoms with van der Waals surface area (Å²) in [5.74, 6) is 0. The molecule has 0 aliphatic rings. The minimum atomic E-state index is 0. The van der Waals surface area contributed by atoms with Crippen molar-refractivity contribution >= 4 is 0 Å². The van der Waals surface area contributed by atoms with Crippen molar-refractivity contribution in [1.29, 1.82) is 0 Å². The van der Waals surface area contributed by atoms with Gasteiger partial charge in [-0.25, -0.2) is 0 Å². The quantitative estimate of drug-likeness (QED) is 0.139. The molecule has 4 heteroatoms. The second-order valence-corrected chi connectivity index (χ2v) is 13.5. The Morgan fingerprint density at radius 1 is 0.474 bits per heavy atom. The average molecular weight is 574 g/mol. The lowest BCUT2D eigenvalue weighted by atomic mass is 9.98. The number of rotatable bonds is 23. The summed E-state index contributed by atoms with van der Waals surface area (Å²) in [5.41, 5.74) is 4.52. The van der Waals surface area contributed by atoms with E-state index in [9.17, 15) is 0 Å². The van der Waals surface area contributed by atoms with Crippen LogP contribution in [-0.4, -0.2) is 63.8 Å². The third kappa shape index (κ3) is 22.5. The lowest BCUT2D eigenvalue weighted by Gasteiger charge is -2.31. The summed E-state index contributed by atoms with van der Waals surface area (Å²) in [6.45, 7) is 8.48. The molecule has 0 bridgehead atoms. The lowest BCUT2D eigenvalue weighted by molar-refractivity contribution is -0.902. The molecule has 0 saturated carbocycles. The second-order valence-electron chi connectivity index (χ2n) is 13.5. The van der Waals surface area contributed by atoms with Crippen molar-refractivity contribution < 1.29 is 33.8 Å². The Balaban J connectivity index is 0.